The van der Waals surface area contributed by atoms with E-state index in [-0.39, 0.29) is 0 Å². The molecule has 0 aliphatic heterocycles. The molecule has 0 bridgehead atoms. The van der Waals surface area contributed by atoms with Crippen LogP contribution in [0.5, 0.6) is 0 Å². The molecule has 0 aromatic rings. The number of rotatable bonds is 17. The Kier molecular flexibility index (Phi) is 18.0. The van der Waals surface area contributed by atoms with Crippen molar-refractivity contribution in [3.8, 4) is 0 Å². The first-order valence-corrected chi connectivity index (χ1v) is 9.96. The molecule has 1 atom stereocenters. The Morgan fingerprint density at radius 3 is 1.38 bits per heavy atom. The zero-order valence-corrected chi connectivity index (χ0v) is 15.0. The lowest BCUT2D eigenvalue weighted by Crippen LogP contribution is -2.01. The second kappa shape index (κ2) is 18.0. The molecule has 1 heteroatoms. The Hall–Kier alpha value is -0.0400. The van der Waals surface area contributed by atoms with Gasteiger partial charge < -0.3 is 5.11 Å². The van der Waals surface area contributed by atoms with Gasteiger partial charge >= 0.3 is 0 Å². The minimum atomic E-state index is 0.372. The van der Waals surface area contributed by atoms with Crippen LogP contribution in [-0.4, -0.2) is 11.7 Å². The molecule has 0 aliphatic rings. The maximum absolute atomic E-state index is 8.97. The van der Waals surface area contributed by atoms with E-state index in [2.05, 4.69) is 13.8 Å². The summed E-state index contributed by atoms with van der Waals surface area (Å²) in [4.78, 5) is 0. The molecule has 0 spiro atoms. The minimum Gasteiger partial charge on any atom is -0.396 e. The molecule has 0 amide bonds. The summed E-state index contributed by atoms with van der Waals surface area (Å²) >= 11 is 0. The highest BCUT2D eigenvalue weighted by Crippen LogP contribution is 2.18. The fourth-order valence-corrected chi connectivity index (χ4v) is 3.19. The van der Waals surface area contributed by atoms with Gasteiger partial charge in [-0.25, -0.2) is 0 Å². The topological polar surface area (TPSA) is 20.2 Å². The van der Waals surface area contributed by atoms with Crippen LogP contribution < -0.4 is 0 Å². The molecule has 1 N–H and O–H groups in total. The van der Waals surface area contributed by atoms with Gasteiger partial charge in [-0.2, -0.15) is 0 Å². The third-order valence-electron chi connectivity index (χ3n) is 4.83. The summed E-state index contributed by atoms with van der Waals surface area (Å²) in [6.07, 6.45) is 22.2. The van der Waals surface area contributed by atoms with Gasteiger partial charge in [-0.05, 0) is 12.3 Å². The average Bonchev–Trinajstić information content (AvgIpc) is 2.50. The van der Waals surface area contributed by atoms with E-state index in [1.54, 1.807) is 0 Å². The van der Waals surface area contributed by atoms with Crippen LogP contribution in [0.4, 0.5) is 0 Å². The zero-order valence-electron chi connectivity index (χ0n) is 15.0. The van der Waals surface area contributed by atoms with E-state index < -0.39 is 0 Å². The Morgan fingerprint density at radius 1 is 0.571 bits per heavy atom. The van der Waals surface area contributed by atoms with Gasteiger partial charge in [0, 0.05) is 6.61 Å². The predicted molar refractivity (Wildman–Crippen MR) is 95.8 cm³/mol. The minimum absolute atomic E-state index is 0.372. The normalized spacial score (nSPS) is 12.7. The molecule has 0 aliphatic carbocycles. The molecule has 0 fully saturated rings. The van der Waals surface area contributed by atoms with Crippen LogP contribution in [0.25, 0.3) is 0 Å². The van der Waals surface area contributed by atoms with Gasteiger partial charge in [0.1, 0.15) is 0 Å². The van der Waals surface area contributed by atoms with E-state index in [1.807, 2.05) is 0 Å². The van der Waals surface area contributed by atoms with Crippen molar-refractivity contribution in [2.75, 3.05) is 6.61 Å². The van der Waals surface area contributed by atoms with Crippen LogP contribution in [0.2, 0.25) is 0 Å². The van der Waals surface area contributed by atoms with Gasteiger partial charge in [0.2, 0.25) is 0 Å². The van der Waals surface area contributed by atoms with Crippen molar-refractivity contribution in [2.24, 2.45) is 5.92 Å². The summed E-state index contributed by atoms with van der Waals surface area (Å²) in [5.74, 6) is 0.766. The van der Waals surface area contributed by atoms with Gasteiger partial charge in [-0.1, -0.05) is 110 Å². The van der Waals surface area contributed by atoms with Crippen molar-refractivity contribution in [1.82, 2.24) is 0 Å². The molecule has 0 radical (unpaired) electrons. The fraction of sp³-hybridized carbons (Fsp3) is 1.00. The van der Waals surface area contributed by atoms with Crippen molar-refractivity contribution < 1.29 is 5.11 Å². The molecule has 1 nitrogen and oxygen atoms in total. The molecule has 0 aromatic carbocycles. The van der Waals surface area contributed by atoms with Crippen molar-refractivity contribution in [3.63, 3.8) is 0 Å². The average molecular weight is 299 g/mol. The van der Waals surface area contributed by atoms with Gasteiger partial charge in [0.15, 0.2) is 0 Å². The second-order valence-corrected chi connectivity index (χ2v) is 6.82. The molecule has 0 saturated heterocycles. The van der Waals surface area contributed by atoms with Gasteiger partial charge in [-0.3, -0.25) is 0 Å². The standard InChI is InChI=1S/C20H42O/c1-3-5-6-7-8-9-10-11-12-13-14-15-16-17-20(4-2)18-19-21/h20-21H,3-19H2,1-2H3. The van der Waals surface area contributed by atoms with Gasteiger partial charge in [0.05, 0.1) is 0 Å². The molecular formula is C20H42O. The molecule has 128 valence electrons. The largest absolute Gasteiger partial charge is 0.396 e. The summed E-state index contributed by atoms with van der Waals surface area (Å²) in [7, 11) is 0. The van der Waals surface area contributed by atoms with E-state index in [0.717, 1.165) is 12.3 Å². The smallest absolute Gasteiger partial charge is 0.0433 e. The highest BCUT2D eigenvalue weighted by molar-refractivity contribution is 4.57. The first-order valence-electron chi connectivity index (χ1n) is 9.96. The molecule has 0 heterocycles. The van der Waals surface area contributed by atoms with E-state index in [0.29, 0.717) is 6.61 Å². The Labute approximate surface area is 134 Å². The Balaban J connectivity index is 3.08. The molecular weight excluding hydrogens is 256 g/mol. The van der Waals surface area contributed by atoms with Crippen molar-refractivity contribution in [3.05, 3.63) is 0 Å². The third kappa shape index (κ3) is 16.2. The van der Waals surface area contributed by atoms with Crippen LogP contribution in [0.15, 0.2) is 0 Å². The Morgan fingerprint density at radius 2 is 1.00 bits per heavy atom. The van der Waals surface area contributed by atoms with E-state index in [1.165, 1.54) is 96.3 Å². The first-order chi connectivity index (χ1) is 10.3. The third-order valence-corrected chi connectivity index (χ3v) is 4.83. The highest BCUT2D eigenvalue weighted by Gasteiger charge is 2.04. The summed E-state index contributed by atoms with van der Waals surface area (Å²) in [6.45, 7) is 4.91. The van der Waals surface area contributed by atoms with Crippen LogP contribution in [0.3, 0.4) is 0 Å². The quantitative estimate of drug-likeness (QED) is 0.290. The monoisotopic (exact) mass is 298 g/mol. The SMILES string of the molecule is CCCCCCCCCCCCCCCC(CC)CCO. The number of aliphatic hydroxyl groups is 1. The Bertz CT molecular complexity index is 179. The first kappa shape index (κ1) is 21.0. The zero-order chi connectivity index (χ0) is 15.6. The molecule has 1 unspecified atom stereocenters. The molecule has 0 rings (SSSR count). The lowest BCUT2D eigenvalue weighted by molar-refractivity contribution is 0.246. The van der Waals surface area contributed by atoms with E-state index in [4.69, 9.17) is 5.11 Å². The molecule has 0 aromatic heterocycles. The summed E-state index contributed by atoms with van der Waals surface area (Å²) in [6, 6.07) is 0. The van der Waals surface area contributed by atoms with Crippen LogP contribution in [-0.2, 0) is 0 Å². The predicted octanol–water partition coefficient (Wildman–Crippen LogP) is 6.88. The highest BCUT2D eigenvalue weighted by atomic mass is 16.3. The van der Waals surface area contributed by atoms with Crippen molar-refractivity contribution in [1.29, 1.82) is 0 Å². The summed E-state index contributed by atoms with van der Waals surface area (Å²) in [5.41, 5.74) is 0. The summed E-state index contributed by atoms with van der Waals surface area (Å²) in [5, 5.41) is 8.97. The summed E-state index contributed by atoms with van der Waals surface area (Å²) < 4.78 is 0. The molecule has 21 heavy (non-hydrogen) atoms. The lowest BCUT2D eigenvalue weighted by Gasteiger charge is -2.12. The maximum Gasteiger partial charge on any atom is 0.0433 e. The van der Waals surface area contributed by atoms with Crippen LogP contribution in [0, 0.1) is 5.92 Å². The number of unbranched alkanes of at least 4 members (excludes halogenated alkanes) is 12. The lowest BCUT2D eigenvalue weighted by atomic mass is 9.95. The van der Waals surface area contributed by atoms with Gasteiger partial charge in [-0.15, -0.1) is 0 Å². The number of aliphatic hydroxyl groups excluding tert-OH is 1. The number of hydrogen-bond donors (Lipinski definition) is 1. The van der Waals surface area contributed by atoms with Gasteiger partial charge in [0.25, 0.3) is 0 Å². The number of hydrogen-bond acceptors (Lipinski definition) is 1. The van der Waals surface area contributed by atoms with Crippen LogP contribution >= 0.6 is 0 Å². The van der Waals surface area contributed by atoms with Crippen LogP contribution in [0.1, 0.15) is 117 Å². The maximum atomic E-state index is 8.97. The molecule has 0 saturated carbocycles. The fourth-order valence-electron chi connectivity index (χ4n) is 3.19. The van der Waals surface area contributed by atoms with Crippen molar-refractivity contribution >= 4 is 0 Å². The second-order valence-electron chi connectivity index (χ2n) is 6.82. The van der Waals surface area contributed by atoms with E-state index >= 15 is 0 Å². The van der Waals surface area contributed by atoms with E-state index in [9.17, 15) is 0 Å². The van der Waals surface area contributed by atoms with Crippen molar-refractivity contribution in [2.45, 2.75) is 117 Å².